The quantitative estimate of drug-likeness (QED) is 0.221. The van der Waals surface area contributed by atoms with Crippen LogP contribution in [-0.4, -0.2) is 39.4 Å². The third kappa shape index (κ3) is 9.07. The molecule has 148 valence electrons. The van der Waals surface area contributed by atoms with E-state index in [9.17, 15) is 0 Å². The summed E-state index contributed by atoms with van der Waals surface area (Å²) in [7, 11) is 1.80. The number of guanidine groups is 1. The van der Waals surface area contributed by atoms with Crippen LogP contribution in [-0.2, 0) is 11.3 Å². The van der Waals surface area contributed by atoms with Gasteiger partial charge in [0, 0.05) is 38.9 Å². The molecule has 0 aliphatic heterocycles. The molecule has 1 fully saturated rings. The third-order valence-corrected chi connectivity index (χ3v) is 4.28. The Morgan fingerprint density at radius 3 is 2.73 bits per heavy atom. The van der Waals surface area contributed by atoms with Gasteiger partial charge in [0.2, 0.25) is 0 Å². The summed E-state index contributed by atoms with van der Waals surface area (Å²) >= 11 is 0. The van der Waals surface area contributed by atoms with Crippen molar-refractivity contribution in [2.75, 3.05) is 33.4 Å². The Morgan fingerprint density at radius 1 is 1.23 bits per heavy atom. The second-order valence-corrected chi connectivity index (χ2v) is 6.62. The first-order valence-corrected chi connectivity index (χ1v) is 9.47. The van der Waals surface area contributed by atoms with Gasteiger partial charge in [0.25, 0.3) is 0 Å². The minimum absolute atomic E-state index is 0. The van der Waals surface area contributed by atoms with Gasteiger partial charge in [0.15, 0.2) is 5.96 Å². The van der Waals surface area contributed by atoms with E-state index in [-0.39, 0.29) is 24.0 Å². The summed E-state index contributed by atoms with van der Waals surface area (Å²) in [4.78, 5) is 4.29. The Morgan fingerprint density at radius 2 is 2.04 bits per heavy atom. The molecule has 0 saturated heterocycles. The van der Waals surface area contributed by atoms with Crippen LogP contribution in [0, 0.1) is 12.8 Å². The van der Waals surface area contributed by atoms with Crippen LogP contribution in [0.25, 0.3) is 0 Å². The number of aliphatic imine (C=N–C) groups is 1. The zero-order valence-corrected chi connectivity index (χ0v) is 18.7. The maximum absolute atomic E-state index is 6.03. The highest BCUT2D eigenvalue weighted by atomic mass is 127. The monoisotopic (exact) mass is 475 g/mol. The fourth-order valence-electron chi connectivity index (χ4n) is 2.51. The molecule has 1 aromatic rings. The molecule has 26 heavy (non-hydrogen) atoms. The standard InChI is InChI=1S/C20H33N3O2.HI/c1-4-24-12-6-5-11-22-20(21-3)23-14-18-10-7-16(2)13-19(18)25-15-17-8-9-17;/h7,10,13,17H,4-6,8-9,11-12,14-15H2,1-3H3,(H2,21,22,23);1H. The Hall–Kier alpha value is -1.02. The average Bonchev–Trinajstić information content (AvgIpc) is 3.44. The molecule has 0 aromatic heterocycles. The van der Waals surface area contributed by atoms with Crippen molar-refractivity contribution >= 4 is 29.9 Å². The molecule has 2 rings (SSSR count). The van der Waals surface area contributed by atoms with Crippen molar-refractivity contribution < 1.29 is 9.47 Å². The molecule has 0 spiro atoms. The predicted molar refractivity (Wildman–Crippen MR) is 119 cm³/mol. The lowest BCUT2D eigenvalue weighted by atomic mass is 10.1. The van der Waals surface area contributed by atoms with Gasteiger partial charge in [-0.3, -0.25) is 4.99 Å². The lowest BCUT2D eigenvalue weighted by Gasteiger charge is -2.15. The van der Waals surface area contributed by atoms with Crippen LogP contribution in [0.15, 0.2) is 23.2 Å². The van der Waals surface area contributed by atoms with Gasteiger partial charge in [-0.1, -0.05) is 12.1 Å². The Balaban J connectivity index is 0.00000338. The molecule has 1 saturated carbocycles. The first kappa shape index (κ1) is 23.0. The van der Waals surface area contributed by atoms with E-state index in [2.05, 4.69) is 40.7 Å². The second kappa shape index (κ2) is 13.2. The SMILES string of the molecule is CCOCCCCNC(=NC)NCc1ccc(C)cc1OCC1CC1.I. The highest BCUT2D eigenvalue weighted by Gasteiger charge is 2.22. The summed E-state index contributed by atoms with van der Waals surface area (Å²) in [6.45, 7) is 8.18. The van der Waals surface area contributed by atoms with Crippen molar-refractivity contribution in [3.63, 3.8) is 0 Å². The lowest BCUT2D eigenvalue weighted by Crippen LogP contribution is -2.37. The maximum Gasteiger partial charge on any atom is 0.191 e. The summed E-state index contributed by atoms with van der Waals surface area (Å²) in [5.41, 5.74) is 2.40. The highest BCUT2D eigenvalue weighted by Crippen LogP contribution is 2.30. The minimum atomic E-state index is 0. The molecule has 1 aliphatic rings. The van der Waals surface area contributed by atoms with Gasteiger partial charge in [-0.25, -0.2) is 0 Å². The van der Waals surface area contributed by atoms with Crippen LogP contribution in [0.3, 0.4) is 0 Å². The summed E-state index contributed by atoms with van der Waals surface area (Å²) in [5.74, 6) is 2.57. The van der Waals surface area contributed by atoms with Gasteiger partial charge in [-0.2, -0.15) is 0 Å². The van der Waals surface area contributed by atoms with Gasteiger partial charge in [-0.15, -0.1) is 24.0 Å². The molecule has 1 aromatic carbocycles. The van der Waals surface area contributed by atoms with E-state index in [0.29, 0.717) is 6.54 Å². The smallest absolute Gasteiger partial charge is 0.191 e. The van der Waals surface area contributed by atoms with Gasteiger partial charge in [0.1, 0.15) is 5.75 Å². The molecule has 1 aliphatic carbocycles. The number of nitrogens with zero attached hydrogens (tertiary/aromatic N) is 1. The van der Waals surface area contributed by atoms with E-state index in [0.717, 1.165) is 56.8 Å². The number of hydrogen-bond donors (Lipinski definition) is 2. The Labute approximate surface area is 175 Å². The number of aryl methyl sites for hydroxylation is 1. The van der Waals surface area contributed by atoms with Crippen molar-refractivity contribution in [3.05, 3.63) is 29.3 Å². The normalized spacial score (nSPS) is 13.9. The van der Waals surface area contributed by atoms with Gasteiger partial charge >= 0.3 is 0 Å². The van der Waals surface area contributed by atoms with Crippen molar-refractivity contribution in [2.24, 2.45) is 10.9 Å². The summed E-state index contributed by atoms with van der Waals surface area (Å²) in [6.07, 6.45) is 4.74. The van der Waals surface area contributed by atoms with E-state index in [4.69, 9.17) is 9.47 Å². The average molecular weight is 475 g/mol. The number of rotatable bonds is 11. The second-order valence-electron chi connectivity index (χ2n) is 6.62. The van der Waals surface area contributed by atoms with E-state index >= 15 is 0 Å². The van der Waals surface area contributed by atoms with Gasteiger partial charge < -0.3 is 20.1 Å². The van der Waals surface area contributed by atoms with E-state index in [1.807, 2.05) is 6.92 Å². The van der Waals surface area contributed by atoms with E-state index in [1.54, 1.807) is 7.05 Å². The summed E-state index contributed by atoms with van der Waals surface area (Å²) in [6, 6.07) is 6.40. The molecule has 5 nitrogen and oxygen atoms in total. The van der Waals surface area contributed by atoms with E-state index in [1.165, 1.54) is 24.0 Å². The van der Waals surface area contributed by atoms with Crippen molar-refractivity contribution in [1.29, 1.82) is 0 Å². The molecular weight excluding hydrogens is 441 g/mol. The number of halogens is 1. The molecule has 0 heterocycles. The molecule has 0 amide bonds. The molecule has 0 radical (unpaired) electrons. The summed E-state index contributed by atoms with van der Waals surface area (Å²) in [5, 5.41) is 6.73. The van der Waals surface area contributed by atoms with Crippen molar-refractivity contribution in [1.82, 2.24) is 10.6 Å². The zero-order chi connectivity index (χ0) is 17.9. The van der Waals surface area contributed by atoms with Crippen LogP contribution < -0.4 is 15.4 Å². The summed E-state index contributed by atoms with van der Waals surface area (Å²) < 4.78 is 11.4. The third-order valence-electron chi connectivity index (χ3n) is 4.28. The first-order chi connectivity index (χ1) is 12.2. The zero-order valence-electron chi connectivity index (χ0n) is 16.3. The first-order valence-electron chi connectivity index (χ1n) is 9.47. The molecule has 2 N–H and O–H groups in total. The van der Waals surface area contributed by atoms with Crippen LogP contribution in [0.2, 0.25) is 0 Å². The number of ether oxygens (including phenoxy) is 2. The predicted octanol–water partition coefficient (Wildman–Crippen LogP) is 3.88. The molecule has 0 atom stereocenters. The number of nitrogens with one attached hydrogen (secondary N) is 2. The minimum Gasteiger partial charge on any atom is -0.493 e. The maximum atomic E-state index is 6.03. The molecule has 0 unspecified atom stereocenters. The van der Waals surface area contributed by atoms with Gasteiger partial charge in [-0.05, 0) is 57.1 Å². The van der Waals surface area contributed by atoms with Crippen molar-refractivity contribution in [3.8, 4) is 5.75 Å². The lowest BCUT2D eigenvalue weighted by molar-refractivity contribution is 0.143. The molecule has 6 heteroatoms. The number of unbranched alkanes of at least 4 members (excludes halogenated alkanes) is 1. The van der Waals surface area contributed by atoms with Gasteiger partial charge in [0.05, 0.1) is 6.61 Å². The molecule has 0 bridgehead atoms. The highest BCUT2D eigenvalue weighted by molar-refractivity contribution is 14.0. The number of hydrogen-bond acceptors (Lipinski definition) is 3. The van der Waals surface area contributed by atoms with Crippen molar-refractivity contribution in [2.45, 2.75) is 46.1 Å². The topological polar surface area (TPSA) is 54.9 Å². The van der Waals surface area contributed by atoms with Crippen LogP contribution in [0.5, 0.6) is 5.75 Å². The fraction of sp³-hybridized carbons (Fsp3) is 0.650. The van der Waals surface area contributed by atoms with Crippen LogP contribution in [0.1, 0.15) is 43.7 Å². The van der Waals surface area contributed by atoms with Crippen LogP contribution >= 0.6 is 24.0 Å². The van der Waals surface area contributed by atoms with Crippen LogP contribution in [0.4, 0.5) is 0 Å². The molecular formula is C20H34IN3O2. The number of benzene rings is 1. The van der Waals surface area contributed by atoms with E-state index < -0.39 is 0 Å². The Kier molecular flexibility index (Phi) is 11.7. The largest absolute Gasteiger partial charge is 0.493 e. The fourth-order valence-corrected chi connectivity index (χ4v) is 2.51. The Bertz CT molecular complexity index is 548.